The fourth-order valence-electron chi connectivity index (χ4n) is 3.17. The van der Waals surface area contributed by atoms with Crippen LogP contribution in [0.15, 0.2) is 56.1 Å². The first-order chi connectivity index (χ1) is 12.1. The summed E-state index contributed by atoms with van der Waals surface area (Å²) in [7, 11) is 0. The smallest absolute Gasteiger partial charge is 0.265 e. The van der Waals surface area contributed by atoms with Crippen molar-refractivity contribution in [2.45, 2.75) is 25.1 Å². The Kier molecular flexibility index (Phi) is 4.43. The summed E-state index contributed by atoms with van der Waals surface area (Å²) in [5.74, 6) is 1.27. The maximum Gasteiger partial charge on any atom is 0.265 e. The predicted octanol–water partition coefficient (Wildman–Crippen LogP) is 4.55. The Morgan fingerprint density at radius 3 is 2.80 bits per heavy atom. The van der Waals surface area contributed by atoms with Crippen LogP contribution in [0, 0.1) is 0 Å². The number of piperidine rings is 1. The lowest BCUT2D eigenvalue weighted by molar-refractivity contribution is 0.00992. The first kappa shape index (κ1) is 16.5. The molecule has 1 saturated heterocycles. The van der Waals surface area contributed by atoms with E-state index in [1.165, 1.54) is 0 Å². The van der Waals surface area contributed by atoms with Crippen molar-refractivity contribution in [2.24, 2.45) is 0 Å². The standard InChI is InChI=1S/C18H17BrFN3O2/c19-15-8-7-14(24-15)11-23-10-4-9-18(20,12-23)17-21-16(22-25-17)13-5-2-1-3-6-13/h1-3,5-8H,4,9-12H2. The summed E-state index contributed by atoms with van der Waals surface area (Å²) in [5.41, 5.74) is -0.823. The third-order valence-electron chi connectivity index (χ3n) is 4.37. The summed E-state index contributed by atoms with van der Waals surface area (Å²) in [6.45, 7) is 1.57. The minimum Gasteiger partial charge on any atom is -0.453 e. The van der Waals surface area contributed by atoms with E-state index >= 15 is 4.39 Å². The molecule has 1 fully saturated rings. The highest BCUT2D eigenvalue weighted by molar-refractivity contribution is 9.10. The molecule has 25 heavy (non-hydrogen) atoms. The Hall–Kier alpha value is -1.99. The second-order valence-corrected chi connectivity index (χ2v) is 7.06. The van der Waals surface area contributed by atoms with Crippen LogP contribution in [0.4, 0.5) is 4.39 Å². The van der Waals surface area contributed by atoms with Crippen molar-refractivity contribution < 1.29 is 13.3 Å². The van der Waals surface area contributed by atoms with Crippen LogP contribution in [0.1, 0.15) is 24.5 Å². The van der Waals surface area contributed by atoms with Gasteiger partial charge in [-0.1, -0.05) is 35.5 Å². The van der Waals surface area contributed by atoms with Gasteiger partial charge in [-0.25, -0.2) is 4.39 Å². The lowest BCUT2D eigenvalue weighted by atomic mass is 9.94. The van der Waals surface area contributed by atoms with Crippen molar-refractivity contribution >= 4 is 15.9 Å². The zero-order valence-corrected chi connectivity index (χ0v) is 15.1. The Morgan fingerprint density at radius 2 is 2.04 bits per heavy atom. The average molecular weight is 406 g/mol. The van der Waals surface area contributed by atoms with Crippen LogP contribution < -0.4 is 0 Å². The van der Waals surface area contributed by atoms with Gasteiger partial charge in [0.25, 0.3) is 5.89 Å². The SMILES string of the molecule is FC1(c2nc(-c3ccccc3)no2)CCCN(Cc2ccc(Br)o2)C1. The van der Waals surface area contributed by atoms with Gasteiger partial charge in [0.1, 0.15) is 5.76 Å². The molecular weight excluding hydrogens is 389 g/mol. The molecule has 1 aliphatic rings. The number of furan rings is 1. The van der Waals surface area contributed by atoms with E-state index in [1.54, 1.807) is 0 Å². The second-order valence-electron chi connectivity index (χ2n) is 6.27. The number of halogens is 2. The fourth-order valence-corrected chi connectivity index (χ4v) is 3.51. The molecule has 4 rings (SSSR count). The third kappa shape index (κ3) is 3.52. The van der Waals surface area contributed by atoms with Crippen molar-refractivity contribution in [2.75, 3.05) is 13.1 Å². The molecule has 0 bridgehead atoms. The van der Waals surface area contributed by atoms with Crippen molar-refractivity contribution in [3.05, 3.63) is 58.8 Å². The number of aromatic nitrogens is 2. The first-order valence-electron chi connectivity index (χ1n) is 8.17. The zero-order valence-electron chi connectivity index (χ0n) is 13.5. The third-order valence-corrected chi connectivity index (χ3v) is 4.80. The molecule has 2 aromatic heterocycles. The molecule has 0 aliphatic carbocycles. The molecule has 0 radical (unpaired) electrons. The van der Waals surface area contributed by atoms with E-state index in [1.807, 2.05) is 47.4 Å². The number of nitrogens with zero attached hydrogens (tertiary/aromatic N) is 3. The van der Waals surface area contributed by atoms with Crippen LogP contribution in [-0.4, -0.2) is 28.1 Å². The number of hydrogen-bond donors (Lipinski definition) is 0. The summed E-state index contributed by atoms with van der Waals surface area (Å²) in [6, 6.07) is 13.2. The molecule has 1 unspecified atom stereocenters. The summed E-state index contributed by atoms with van der Waals surface area (Å²) in [4.78, 5) is 6.33. The summed E-state index contributed by atoms with van der Waals surface area (Å²) in [6.07, 6.45) is 1.10. The Balaban J connectivity index is 1.52. The van der Waals surface area contributed by atoms with Gasteiger partial charge < -0.3 is 8.94 Å². The fraction of sp³-hybridized carbons (Fsp3) is 0.333. The van der Waals surface area contributed by atoms with Gasteiger partial charge in [-0.2, -0.15) is 4.98 Å². The van der Waals surface area contributed by atoms with E-state index in [9.17, 15) is 0 Å². The van der Waals surface area contributed by atoms with Gasteiger partial charge in [0.2, 0.25) is 11.5 Å². The van der Waals surface area contributed by atoms with Gasteiger partial charge in [-0.15, -0.1) is 0 Å². The van der Waals surface area contributed by atoms with Crippen molar-refractivity contribution in [3.63, 3.8) is 0 Å². The molecule has 0 amide bonds. The van der Waals surface area contributed by atoms with Crippen molar-refractivity contribution in [1.82, 2.24) is 15.0 Å². The zero-order chi connectivity index (χ0) is 17.3. The number of alkyl halides is 1. The van der Waals surface area contributed by atoms with Gasteiger partial charge >= 0.3 is 0 Å². The number of benzene rings is 1. The Labute approximate surface area is 153 Å². The summed E-state index contributed by atoms with van der Waals surface area (Å²) >= 11 is 3.29. The van der Waals surface area contributed by atoms with Gasteiger partial charge in [0.15, 0.2) is 4.67 Å². The van der Waals surface area contributed by atoms with Crippen molar-refractivity contribution in [3.8, 4) is 11.4 Å². The highest BCUT2D eigenvalue weighted by atomic mass is 79.9. The van der Waals surface area contributed by atoms with E-state index in [0.29, 0.717) is 23.5 Å². The molecule has 3 heterocycles. The molecular formula is C18H17BrFN3O2. The van der Waals surface area contributed by atoms with Crippen LogP contribution in [0.2, 0.25) is 0 Å². The number of likely N-dealkylation sites (tertiary alicyclic amines) is 1. The van der Waals surface area contributed by atoms with Crippen LogP contribution in [0.5, 0.6) is 0 Å². The molecule has 1 aromatic carbocycles. The van der Waals surface area contributed by atoms with E-state index in [2.05, 4.69) is 26.1 Å². The number of rotatable bonds is 4. The van der Waals surface area contributed by atoms with Crippen molar-refractivity contribution in [1.29, 1.82) is 0 Å². The monoisotopic (exact) mass is 405 g/mol. The topological polar surface area (TPSA) is 55.3 Å². The largest absolute Gasteiger partial charge is 0.453 e. The lowest BCUT2D eigenvalue weighted by Crippen LogP contribution is -2.43. The van der Waals surface area contributed by atoms with Crippen LogP contribution in [-0.2, 0) is 12.2 Å². The average Bonchev–Trinajstić information content (AvgIpc) is 3.26. The van der Waals surface area contributed by atoms with Crippen LogP contribution in [0.3, 0.4) is 0 Å². The van der Waals surface area contributed by atoms with Crippen LogP contribution >= 0.6 is 15.9 Å². The molecule has 1 atom stereocenters. The minimum atomic E-state index is -1.64. The molecule has 130 valence electrons. The van der Waals surface area contributed by atoms with Gasteiger partial charge in [-0.05, 0) is 47.4 Å². The molecule has 1 aliphatic heterocycles. The van der Waals surface area contributed by atoms with Gasteiger partial charge in [0, 0.05) is 12.1 Å². The molecule has 3 aromatic rings. The normalized spacial score (nSPS) is 21.5. The highest BCUT2D eigenvalue weighted by Gasteiger charge is 2.42. The molecule has 5 nitrogen and oxygen atoms in total. The van der Waals surface area contributed by atoms with E-state index in [-0.39, 0.29) is 12.4 Å². The minimum absolute atomic E-state index is 0.0525. The highest BCUT2D eigenvalue weighted by Crippen LogP contribution is 2.36. The molecule has 0 spiro atoms. The van der Waals surface area contributed by atoms with Crippen LogP contribution in [0.25, 0.3) is 11.4 Å². The maximum absolute atomic E-state index is 15.5. The Bertz CT molecular complexity index is 851. The quantitative estimate of drug-likeness (QED) is 0.636. The molecule has 7 heteroatoms. The van der Waals surface area contributed by atoms with E-state index in [0.717, 1.165) is 24.3 Å². The Morgan fingerprint density at radius 1 is 1.20 bits per heavy atom. The van der Waals surface area contributed by atoms with E-state index < -0.39 is 5.67 Å². The molecule has 0 N–H and O–H groups in total. The lowest BCUT2D eigenvalue weighted by Gasteiger charge is -2.34. The summed E-state index contributed by atoms with van der Waals surface area (Å²) in [5, 5.41) is 3.95. The maximum atomic E-state index is 15.5. The van der Waals surface area contributed by atoms with E-state index in [4.69, 9.17) is 8.94 Å². The summed E-state index contributed by atoms with van der Waals surface area (Å²) < 4.78 is 27.0. The first-order valence-corrected chi connectivity index (χ1v) is 8.97. The molecule has 0 saturated carbocycles. The number of hydrogen-bond acceptors (Lipinski definition) is 5. The van der Waals surface area contributed by atoms with Gasteiger partial charge in [0.05, 0.1) is 6.54 Å². The van der Waals surface area contributed by atoms with Gasteiger partial charge in [-0.3, -0.25) is 4.90 Å². The second kappa shape index (κ2) is 6.72. The predicted molar refractivity (Wildman–Crippen MR) is 93.4 cm³/mol.